The van der Waals surface area contributed by atoms with Crippen molar-refractivity contribution in [3.8, 4) is 0 Å². The maximum atomic E-state index is 12.3. The number of hydrogen-bond donors (Lipinski definition) is 1. The molecule has 8 heteroatoms. The van der Waals surface area contributed by atoms with Crippen molar-refractivity contribution >= 4 is 6.03 Å². The van der Waals surface area contributed by atoms with E-state index in [-0.39, 0.29) is 12.1 Å². The zero-order valence-electron chi connectivity index (χ0n) is 12.6. The van der Waals surface area contributed by atoms with Gasteiger partial charge in [0.2, 0.25) is 0 Å². The summed E-state index contributed by atoms with van der Waals surface area (Å²) in [6.07, 6.45) is 5.19. The Hall–Kier alpha value is -1.70. The van der Waals surface area contributed by atoms with Crippen LogP contribution in [0.4, 0.5) is 4.79 Å². The third-order valence-electron chi connectivity index (χ3n) is 4.66. The highest BCUT2D eigenvalue weighted by Crippen LogP contribution is 2.35. The summed E-state index contributed by atoms with van der Waals surface area (Å²) in [6.45, 7) is 3.23. The van der Waals surface area contributed by atoms with Gasteiger partial charge in [-0.2, -0.15) is 0 Å². The molecule has 1 aliphatic heterocycles. The fourth-order valence-electron chi connectivity index (χ4n) is 2.92. The molecule has 22 heavy (non-hydrogen) atoms. The van der Waals surface area contributed by atoms with E-state index in [0.29, 0.717) is 38.1 Å². The Morgan fingerprint density at radius 2 is 2.18 bits per heavy atom. The molecule has 0 aromatic carbocycles. The molecular weight excluding hydrogens is 284 g/mol. The van der Waals surface area contributed by atoms with E-state index in [4.69, 9.17) is 4.74 Å². The zero-order valence-corrected chi connectivity index (χ0v) is 12.6. The third kappa shape index (κ3) is 3.21. The summed E-state index contributed by atoms with van der Waals surface area (Å²) >= 11 is 0. The van der Waals surface area contributed by atoms with Crippen molar-refractivity contribution in [3.63, 3.8) is 0 Å². The lowest BCUT2D eigenvalue weighted by Gasteiger charge is -2.33. The van der Waals surface area contributed by atoms with Gasteiger partial charge in [0.25, 0.3) is 0 Å². The van der Waals surface area contributed by atoms with E-state index < -0.39 is 0 Å². The van der Waals surface area contributed by atoms with Crippen LogP contribution in [-0.4, -0.2) is 56.9 Å². The highest BCUT2D eigenvalue weighted by molar-refractivity contribution is 5.74. The number of urea groups is 1. The molecule has 4 rings (SSSR count). The minimum absolute atomic E-state index is 0.0464. The van der Waals surface area contributed by atoms with Gasteiger partial charge in [-0.15, -0.1) is 5.10 Å². The largest absolute Gasteiger partial charge is 0.374 e. The zero-order chi connectivity index (χ0) is 14.9. The third-order valence-corrected chi connectivity index (χ3v) is 4.66. The van der Waals surface area contributed by atoms with Gasteiger partial charge >= 0.3 is 6.03 Å². The summed E-state index contributed by atoms with van der Waals surface area (Å²) in [4.78, 5) is 14.2. The first-order valence-corrected chi connectivity index (χ1v) is 8.19. The standard InChI is InChI=1S/C14H22N6O2/c21-14(19-5-6-22-12(9-19)11-3-4-11)15-7-13-16-17-18-20(13)8-10-1-2-10/h10-12H,1-9H2,(H,15,21). The van der Waals surface area contributed by atoms with Gasteiger partial charge in [0, 0.05) is 19.6 Å². The molecule has 3 fully saturated rings. The van der Waals surface area contributed by atoms with Crippen LogP contribution < -0.4 is 5.32 Å². The number of carbonyl (C=O) groups is 1. The average Bonchev–Trinajstić information content (AvgIpc) is 3.44. The van der Waals surface area contributed by atoms with Crippen LogP contribution in [0.2, 0.25) is 0 Å². The molecule has 120 valence electrons. The van der Waals surface area contributed by atoms with Crippen LogP contribution in [0, 0.1) is 11.8 Å². The summed E-state index contributed by atoms with van der Waals surface area (Å²) < 4.78 is 7.55. The summed E-state index contributed by atoms with van der Waals surface area (Å²) in [6, 6.07) is -0.0464. The Bertz CT molecular complexity index is 539. The fraction of sp³-hybridized carbons (Fsp3) is 0.857. The van der Waals surface area contributed by atoms with Crippen LogP contribution in [0.1, 0.15) is 31.5 Å². The number of nitrogens with one attached hydrogen (secondary N) is 1. The first kappa shape index (κ1) is 13.9. The molecule has 2 heterocycles. The van der Waals surface area contributed by atoms with Crippen molar-refractivity contribution in [2.75, 3.05) is 19.7 Å². The first-order valence-electron chi connectivity index (χ1n) is 8.19. The van der Waals surface area contributed by atoms with Crippen molar-refractivity contribution in [1.82, 2.24) is 30.4 Å². The number of nitrogens with zero attached hydrogens (tertiary/aromatic N) is 5. The number of amides is 2. The van der Waals surface area contributed by atoms with Gasteiger partial charge in [-0.05, 0) is 47.9 Å². The van der Waals surface area contributed by atoms with Crippen LogP contribution in [0.3, 0.4) is 0 Å². The van der Waals surface area contributed by atoms with E-state index in [9.17, 15) is 4.79 Å². The van der Waals surface area contributed by atoms with Crippen molar-refractivity contribution in [2.45, 2.75) is 44.9 Å². The second-order valence-corrected chi connectivity index (χ2v) is 6.57. The van der Waals surface area contributed by atoms with Crippen LogP contribution in [-0.2, 0) is 17.8 Å². The lowest BCUT2D eigenvalue weighted by molar-refractivity contribution is -0.0253. The Morgan fingerprint density at radius 3 is 2.95 bits per heavy atom. The van der Waals surface area contributed by atoms with E-state index in [2.05, 4.69) is 20.8 Å². The highest BCUT2D eigenvalue weighted by atomic mass is 16.5. The summed E-state index contributed by atoms with van der Waals surface area (Å²) in [5.41, 5.74) is 0. The lowest BCUT2D eigenvalue weighted by Crippen LogP contribution is -2.50. The molecule has 1 aromatic heterocycles. The second kappa shape index (κ2) is 5.83. The lowest BCUT2D eigenvalue weighted by atomic mass is 10.2. The monoisotopic (exact) mass is 306 g/mol. The van der Waals surface area contributed by atoms with Crippen molar-refractivity contribution in [2.24, 2.45) is 11.8 Å². The number of rotatable bonds is 5. The van der Waals surface area contributed by atoms with Gasteiger partial charge in [-0.3, -0.25) is 0 Å². The number of hydrogen-bond acceptors (Lipinski definition) is 5. The SMILES string of the molecule is O=C(NCc1nnnn1CC1CC1)N1CCOC(C2CC2)C1. The number of ether oxygens (including phenoxy) is 1. The molecule has 1 unspecified atom stereocenters. The number of morpholine rings is 1. The minimum Gasteiger partial charge on any atom is -0.374 e. The molecule has 8 nitrogen and oxygen atoms in total. The normalized spacial score (nSPS) is 25.3. The molecule has 1 atom stereocenters. The molecular formula is C14H22N6O2. The van der Waals surface area contributed by atoms with Gasteiger partial charge < -0.3 is 15.0 Å². The van der Waals surface area contributed by atoms with E-state index in [1.807, 2.05) is 9.58 Å². The summed E-state index contributed by atoms with van der Waals surface area (Å²) in [7, 11) is 0. The van der Waals surface area contributed by atoms with Crippen molar-refractivity contribution in [1.29, 1.82) is 0 Å². The van der Waals surface area contributed by atoms with Crippen LogP contribution in [0.15, 0.2) is 0 Å². The van der Waals surface area contributed by atoms with E-state index in [1.54, 1.807) is 0 Å². The molecule has 0 spiro atoms. The van der Waals surface area contributed by atoms with Gasteiger partial charge in [0.15, 0.2) is 5.82 Å². The quantitative estimate of drug-likeness (QED) is 0.851. The Kier molecular flexibility index (Phi) is 3.69. The van der Waals surface area contributed by atoms with Crippen LogP contribution in [0.5, 0.6) is 0 Å². The first-order chi connectivity index (χ1) is 10.8. The van der Waals surface area contributed by atoms with Gasteiger partial charge in [-0.25, -0.2) is 9.48 Å². The van der Waals surface area contributed by atoms with Crippen LogP contribution >= 0.6 is 0 Å². The smallest absolute Gasteiger partial charge is 0.317 e. The van der Waals surface area contributed by atoms with E-state index in [1.165, 1.54) is 25.7 Å². The molecule has 2 saturated carbocycles. The molecule has 2 aliphatic carbocycles. The predicted molar refractivity (Wildman–Crippen MR) is 76.8 cm³/mol. The maximum Gasteiger partial charge on any atom is 0.317 e. The number of tetrazole rings is 1. The molecule has 1 aromatic rings. The molecule has 3 aliphatic rings. The Morgan fingerprint density at radius 1 is 1.32 bits per heavy atom. The molecule has 0 bridgehead atoms. The van der Waals surface area contributed by atoms with Gasteiger partial charge in [0.1, 0.15) is 0 Å². The Balaban J connectivity index is 1.29. The summed E-state index contributed by atoms with van der Waals surface area (Å²) in [5, 5.41) is 14.7. The molecule has 0 radical (unpaired) electrons. The minimum atomic E-state index is -0.0464. The van der Waals surface area contributed by atoms with Crippen molar-refractivity contribution in [3.05, 3.63) is 5.82 Å². The number of aromatic nitrogens is 4. The molecule has 1 N–H and O–H groups in total. The topological polar surface area (TPSA) is 85.2 Å². The van der Waals surface area contributed by atoms with Gasteiger partial charge in [-0.1, -0.05) is 0 Å². The highest BCUT2D eigenvalue weighted by Gasteiger charge is 2.36. The summed E-state index contributed by atoms with van der Waals surface area (Å²) in [5.74, 6) is 2.09. The predicted octanol–water partition coefficient (Wildman–Crippen LogP) is 0.403. The second-order valence-electron chi connectivity index (χ2n) is 6.57. The van der Waals surface area contributed by atoms with Gasteiger partial charge in [0.05, 0.1) is 19.3 Å². The van der Waals surface area contributed by atoms with Crippen molar-refractivity contribution < 1.29 is 9.53 Å². The average molecular weight is 306 g/mol. The molecule has 1 saturated heterocycles. The maximum absolute atomic E-state index is 12.3. The van der Waals surface area contributed by atoms with Crippen LogP contribution in [0.25, 0.3) is 0 Å². The number of carbonyl (C=O) groups excluding carboxylic acids is 1. The molecule has 2 amide bonds. The Labute approximate surface area is 129 Å². The van der Waals surface area contributed by atoms with E-state index >= 15 is 0 Å². The fourth-order valence-corrected chi connectivity index (χ4v) is 2.92. The van der Waals surface area contributed by atoms with E-state index in [0.717, 1.165) is 12.4 Å².